The fraction of sp³-hybridized carbons (Fsp3) is 0.407. The van der Waals surface area contributed by atoms with Crippen molar-refractivity contribution in [2.75, 3.05) is 23.3 Å². The maximum Gasteiger partial charge on any atom is 0.337 e. The van der Waals surface area contributed by atoms with Gasteiger partial charge in [-0.15, -0.1) is 0 Å². The molecule has 0 aliphatic carbocycles. The van der Waals surface area contributed by atoms with Gasteiger partial charge in [-0.05, 0) is 55.9 Å². The number of nitrogens with zero attached hydrogens (tertiary/aromatic N) is 1. The van der Waals surface area contributed by atoms with Gasteiger partial charge in [-0.1, -0.05) is 38.5 Å². The average Bonchev–Trinajstić information content (AvgIpc) is 2.79. The van der Waals surface area contributed by atoms with Gasteiger partial charge in [0.25, 0.3) is 0 Å². The van der Waals surface area contributed by atoms with Crippen LogP contribution in [0.25, 0.3) is 11.0 Å². The molecule has 2 N–H and O–H groups in total. The van der Waals surface area contributed by atoms with Crippen molar-refractivity contribution in [1.29, 1.82) is 0 Å². The third kappa shape index (κ3) is 4.61. The number of para-hydroxylation sites is 1. The second kappa shape index (κ2) is 8.93. The number of nitrogens with one attached hydrogen (secondary N) is 1. The number of piperidine rings is 1. The molecule has 1 aliphatic heterocycles. The third-order valence-corrected chi connectivity index (χ3v) is 7.12. The molecule has 0 radical (unpaired) electrons. The summed E-state index contributed by atoms with van der Waals surface area (Å²) < 4.78 is 6.38. The van der Waals surface area contributed by atoms with Crippen molar-refractivity contribution < 1.29 is 14.3 Å². The topological polar surface area (TPSA) is 82.8 Å². The summed E-state index contributed by atoms with van der Waals surface area (Å²) in [5.74, 6) is -0.383. The van der Waals surface area contributed by atoms with E-state index in [4.69, 9.17) is 4.42 Å². The Labute approximate surface area is 194 Å². The molecule has 1 aliphatic rings. The zero-order valence-corrected chi connectivity index (χ0v) is 19.8. The van der Waals surface area contributed by atoms with E-state index in [1.807, 2.05) is 26.0 Å². The number of carboxylic acids is 1. The van der Waals surface area contributed by atoms with E-state index in [2.05, 4.69) is 24.1 Å². The van der Waals surface area contributed by atoms with Gasteiger partial charge in [0.1, 0.15) is 5.58 Å². The lowest BCUT2D eigenvalue weighted by molar-refractivity contribution is 0.0698. The Morgan fingerprint density at radius 1 is 1.21 bits per heavy atom. The highest BCUT2D eigenvalue weighted by Gasteiger charge is 2.29. The van der Waals surface area contributed by atoms with Gasteiger partial charge in [-0.25, -0.2) is 4.79 Å². The number of aromatic carboxylic acids is 1. The van der Waals surface area contributed by atoms with Crippen molar-refractivity contribution in [2.24, 2.45) is 5.41 Å². The molecule has 2 heterocycles. The van der Waals surface area contributed by atoms with E-state index in [1.54, 1.807) is 30.3 Å². The molecule has 174 valence electrons. The number of aryl methyl sites for hydroxylation is 1. The Morgan fingerprint density at radius 3 is 2.58 bits per heavy atom. The van der Waals surface area contributed by atoms with Crippen LogP contribution in [0.1, 0.15) is 67.6 Å². The van der Waals surface area contributed by atoms with Gasteiger partial charge >= 0.3 is 5.97 Å². The molecule has 1 aromatic heterocycles. The summed E-state index contributed by atoms with van der Waals surface area (Å²) in [5.41, 5.74) is 3.36. The minimum absolute atomic E-state index is 0.0573. The number of hydrogen-bond donors (Lipinski definition) is 2. The molecule has 1 atom stereocenters. The van der Waals surface area contributed by atoms with E-state index in [1.165, 1.54) is 0 Å². The summed E-state index contributed by atoms with van der Waals surface area (Å²) >= 11 is 0. The van der Waals surface area contributed by atoms with E-state index in [0.29, 0.717) is 28.0 Å². The van der Waals surface area contributed by atoms with Crippen LogP contribution in [-0.2, 0) is 0 Å². The van der Waals surface area contributed by atoms with Crippen molar-refractivity contribution in [2.45, 2.75) is 53.0 Å². The first-order chi connectivity index (χ1) is 15.7. The monoisotopic (exact) mass is 448 g/mol. The van der Waals surface area contributed by atoms with Gasteiger partial charge in [-0.3, -0.25) is 4.79 Å². The predicted octanol–water partition coefficient (Wildman–Crippen LogP) is 5.99. The first kappa shape index (κ1) is 22.9. The normalized spacial score (nSPS) is 16.5. The summed E-state index contributed by atoms with van der Waals surface area (Å²) in [6.45, 7) is 10.2. The smallest absolute Gasteiger partial charge is 0.337 e. The van der Waals surface area contributed by atoms with Crippen LogP contribution in [0, 0.1) is 12.3 Å². The van der Waals surface area contributed by atoms with E-state index < -0.39 is 5.97 Å². The highest BCUT2D eigenvalue weighted by atomic mass is 16.4. The van der Waals surface area contributed by atoms with Crippen LogP contribution in [0.15, 0.2) is 51.7 Å². The van der Waals surface area contributed by atoms with Gasteiger partial charge in [0, 0.05) is 30.4 Å². The molecule has 4 rings (SSSR count). The Bertz CT molecular complexity index is 1240. The van der Waals surface area contributed by atoms with Crippen LogP contribution in [0.4, 0.5) is 11.6 Å². The van der Waals surface area contributed by atoms with Crippen molar-refractivity contribution in [3.8, 4) is 0 Å². The van der Waals surface area contributed by atoms with Gasteiger partial charge < -0.3 is 19.7 Å². The lowest BCUT2D eigenvalue weighted by Crippen LogP contribution is -2.38. The van der Waals surface area contributed by atoms with Crippen LogP contribution in [-0.4, -0.2) is 24.2 Å². The molecule has 1 saturated heterocycles. The first-order valence-electron chi connectivity index (χ1n) is 11.6. The summed E-state index contributed by atoms with van der Waals surface area (Å²) in [7, 11) is 0. The molecule has 6 nitrogen and oxygen atoms in total. The SMILES string of the molecule is CCC1(C)CCN(c2cc(=O)c3cc(C)cc(C(C)Nc4ccccc4C(=O)O)c3o2)CC1. The highest BCUT2D eigenvalue weighted by molar-refractivity contribution is 5.94. The van der Waals surface area contributed by atoms with Crippen molar-refractivity contribution >= 4 is 28.5 Å². The highest BCUT2D eigenvalue weighted by Crippen LogP contribution is 2.37. The fourth-order valence-electron chi connectivity index (χ4n) is 4.63. The van der Waals surface area contributed by atoms with Crippen LogP contribution < -0.4 is 15.6 Å². The van der Waals surface area contributed by atoms with Gasteiger partial charge in [0.2, 0.25) is 0 Å². The molecular formula is C27H32N2O4. The quantitative estimate of drug-likeness (QED) is 0.482. The molecule has 1 unspecified atom stereocenters. The minimum Gasteiger partial charge on any atom is -0.478 e. The Morgan fingerprint density at radius 2 is 1.91 bits per heavy atom. The standard InChI is InChI=1S/C27H32N2O4/c1-5-27(4)10-12-29(13-11-27)24-16-23(30)21-15-17(2)14-20(25(21)33-24)18(3)28-22-9-7-6-8-19(22)26(31)32/h6-9,14-16,18,28H,5,10-13H2,1-4H3,(H,31,32). The molecule has 0 bridgehead atoms. The second-order valence-electron chi connectivity index (χ2n) is 9.55. The van der Waals surface area contributed by atoms with E-state index in [0.717, 1.165) is 43.5 Å². The summed E-state index contributed by atoms with van der Waals surface area (Å²) in [6, 6.07) is 12.0. The van der Waals surface area contributed by atoms with E-state index >= 15 is 0 Å². The Hall–Kier alpha value is -3.28. The molecule has 0 saturated carbocycles. The number of rotatable bonds is 6. The molecule has 3 aromatic rings. The lowest BCUT2D eigenvalue weighted by Gasteiger charge is -2.39. The van der Waals surface area contributed by atoms with Crippen LogP contribution in [0.2, 0.25) is 0 Å². The minimum atomic E-state index is -0.989. The maximum absolute atomic E-state index is 13.1. The number of benzene rings is 2. The molecule has 2 aromatic carbocycles. The maximum atomic E-state index is 13.1. The number of carbonyl (C=O) groups is 1. The molecule has 0 amide bonds. The summed E-state index contributed by atoms with van der Waals surface area (Å²) in [5, 5.41) is 13.4. The van der Waals surface area contributed by atoms with Crippen molar-refractivity contribution in [3.63, 3.8) is 0 Å². The zero-order valence-electron chi connectivity index (χ0n) is 19.8. The van der Waals surface area contributed by atoms with Crippen LogP contribution in [0.5, 0.6) is 0 Å². The van der Waals surface area contributed by atoms with Gasteiger partial charge in [0.05, 0.1) is 17.0 Å². The molecular weight excluding hydrogens is 416 g/mol. The number of fused-ring (bicyclic) bond motifs is 1. The zero-order chi connectivity index (χ0) is 23.8. The van der Waals surface area contributed by atoms with Crippen molar-refractivity contribution in [3.05, 3.63) is 69.4 Å². The first-order valence-corrected chi connectivity index (χ1v) is 11.6. The number of anilines is 2. The molecule has 0 spiro atoms. The van der Waals surface area contributed by atoms with Gasteiger partial charge in [0.15, 0.2) is 11.3 Å². The largest absolute Gasteiger partial charge is 0.478 e. The molecule has 33 heavy (non-hydrogen) atoms. The molecule has 1 fully saturated rings. The van der Waals surface area contributed by atoms with Crippen LogP contribution >= 0.6 is 0 Å². The Balaban J connectivity index is 1.73. The van der Waals surface area contributed by atoms with E-state index in [-0.39, 0.29) is 17.0 Å². The lowest BCUT2D eigenvalue weighted by atomic mass is 9.78. The summed E-state index contributed by atoms with van der Waals surface area (Å²) in [4.78, 5) is 26.9. The van der Waals surface area contributed by atoms with Gasteiger partial charge in [-0.2, -0.15) is 0 Å². The second-order valence-corrected chi connectivity index (χ2v) is 9.55. The Kier molecular flexibility index (Phi) is 6.19. The predicted molar refractivity (Wildman–Crippen MR) is 133 cm³/mol. The van der Waals surface area contributed by atoms with E-state index in [9.17, 15) is 14.7 Å². The molecule has 6 heteroatoms. The average molecular weight is 449 g/mol. The third-order valence-electron chi connectivity index (χ3n) is 7.12. The van der Waals surface area contributed by atoms with Crippen LogP contribution in [0.3, 0.4) is 0 Å². The fourth-order valence-corrected chi connectivity index (χ4v) is 4.63. The summed E-state index contributed by atoms with van der Waals surface area (Å²) in [6.07, 6.45) is 3.28. The number of carboxylic acid groups (broad SMARTS) is 1. The van der Waals surface area contributed by atoms with Crippen molar-refractivity contribution in [1.82, 2.24) is 0 Å². The number of hydrogen-bond acceptors (Lipinski definition) is 5.